The summed E-state index contributed by atoms with van der Waals surface area (Å²) >= 11 is 0. The van der Waals surface area contributed by atoms with Gasteiger partial charge in [0.2, 0.25) is 6.08 Å². The van der Waals surface area contributed by atoms with Crippen molar-refractivity contribution in [2.75, 3.05) is 0 Å². The van der Waals surface area contributed by atoms with Gasteiger partial charge in [-0.05, 0) is 31.9 Å². The molecule has 3 nitrogen and oxygen atoms in total. The Hall–Kier alpha value is -1.73. The van der Waals surface area contributed by atoms with Crippen molar-refractivity contribution in [1.82, 2.24) is 0 Å². The zero-order valence-electron chi connectivity index (χ0n) is 8.42. The second-order valence-electron chi connectivity index (χ2n) is 3.18. The lowest BCUT2D eigenvalue weighted by Crippen LogP contribution is -1.98. The molecule has 72 valence electrons. The minimum absolute atomic E-state index is 0.0831. The lowest BCUT2D eigenvalue weighted by Gasteiger charge is -2.07. The molecule has 0 aliphatic heterocycles. The van der Waals surface area contributed by atoms with Crippen LogP contribution in [0.2, 0.25) is 0 Å². The highest BCUT2D eigenvalue weighted by Gasteiger charge is 2.12. The van der Waals surface area contributed by atoms with Gasteiger partial charge in [0.1, 0.15) is 0 Å². The maximum Gasteiger partial charge on any atom is 0.240 e. The van der Waals surface area contributed by atoms with Crippen LogP contribution in [0, 0.1) is 13.8 Å². The fourth-order valence-electron chi connectivity index (χ4n) is 1.43. The van der Waals surface area contributed by atoms with E-state index in [9.17, 15) is 9.59 Å². The summed E-state index contributed by atoms with van der Waals surface area (Å²) in [5.41, 5.74) is 2.59. The number of aliphatic imine (C=N–C) groups is 1. The first-order valence-electron chi connectivity index (χ1n) is 4.27. The first kappa shape index (κ1) is 10.4. The van der Waals surface area contributed by atoms with Crippen molar-refractivity contribution in [3.63, 3.8) is 0 Å². The first-order valence-corrected chi connectivity index (χ1v) is 4.27. The van der Waals surface area contributed by atoms with E-state index in [2.05, 4.69) is 4.99 Å². The van der Waals surface area contributed by atoms with Crippen molar-refractivity contribution >= 4 is 17.6 Å². The average molecular weight is 189 g/mol. The van der Waals surface area contributed by atoms with Crippen LogP contribution in [0.4, 0.5) is 5.69 Å². The van der Waals surface area contributed by atoms with Gasteiger partial charge >= 0.3 is 0 Å². The number of rotatable bonds is 2. The number of ketones is 1. The van der Waals surface area contributed by atoms with Gasteiger partial charge in [0.05, 0.1) is 5.69 Å². The maximum absolute atomic E-state index is 11.3. The Labute approximate surface area is 82.5 Å². The number of hydrogen-bond acceptors (Lipinski definition) is 3. The van der Waals surface area contributed by atoms with Crippen LogP contribution in [0.1, 0.15) is 28.4 Å². The minimum atomic E-state index is -0.0831. The quantitative estimate of drug-likeness (QED) is 0.407. The van der Waals surface area contributed by atoms with Gasteiger partial charge in [0.25, 0.3) is 0 Å². The molecule has 0 unspecified atom stereocenters. The van der Waals surface area contributed by atoms with E-state index < -0.39 is 0 Å². The molecule has 0 atom stereocenters. The van der Waals surface area contributed by atoms with Crippen molar-refractivity contribution in [3.05, 3.63) is 28.8 Å². The molecule has 0 radical (unpaired) electrons. The van der Waals surface area contributed by atoms with E-state index >= 15 is 0 Å². The Bertz CT molecular complexity index is 402. The monoisotopic (exact) mass is 189 g/mol. The van der Waals surface area contributed by atoms with E-state index in [1.807, 2.05) is 26.0 Å². The molecule has 0 fully saturated rings. The van der Waals surface area contributed by atoms with Gasteiger partial charge in [-0.1, -0.05) is 12.1 Å². The van der Waals surface area contributed by atoms with Crippen LogP contribution < -0.4 is 0 Å². The van der Waals surface area contributed by atoms with Crippen molar-refractivity contribution in [2.24, 2.45) is 4.99 Å². The Kier molecular flexibility index (Phi) is 2.95. The van der Waals surface area contributed by atoms with Gasteiger partial charge in [-0.3, -0.25) is 4.79 Å². The molecule has 0 spiro atoms. The summed E-state index contributed by atoms with van der Waals surface area (Å²) in [4.78, 5) is 25.1. The smallest absolute Gasteiger partial charge is 0.240 e. The lowest BCUT2D eigenvalue weighted by atomic mass is 10.00. The summed E-state index contributed by atoms with van der Waals surface area (Å²) in [5, 5.41) is 0. The Morgan fingerprint density at radius 1 is 1.29 bits per heavy atom. The van der Waals surface area contributed by atoms with Crippen LogP contribution in [0.3, 0.4) is 0 Å². The molecule has 0 bridgehead atoms. The van der Waals surface area contributed by atoms with Crippen LogP contribution in [0.15, 0.2) is 17.1 Å². The van der Waals surface area contributed by atoms with Crippen molar-refractivity contribution in [3.8, 4) is 0 Å². The number of Topliss-reactive ketones (excluding diaryl/α,β-unsaturated/α-hetero) is 1. The second kappa shape index (κ2) is 3.99. The van der Waals surface area contributed by atoms with E-state index in [1.54, 1.807) is 0 Å². The summed E-state index contributed by atoms with van der Waals surface area (Å²) in [6, 6.07) is 3.67. The molecular formula is C11H11NO2. The van der Waals surface area contributed by atoms with Crippen molar-refractivity contribution in [1.29, 1.82) is 0 Å². The summed E-state index contributed by atoms with van der Waals surface area (Å²) < 4.78 is 0. The fraction of sp³-hybridized carbons (Fsp3) is 0.273. The fourth-order valence-corrected chi connectivity index (χ4v) is 1.43. The molecule has 1 aromatic carbocycles. The molecule has 0 N–H and O–H groups in total. The zero-order chi connectivity index (χ0) is 10.7. The third-order valence-corrected chi connectivity index (χ3v) is 2.10. The average Bonchev–Trinajstić information content (AvgIpc) is 2.11. The van der Waals surface area contributed by atoms with Gasteiger partial charge in [-0.2, -0.15) is 4.99 Å². The normalized spacial score (nSPS) is 9.36. The summed E-state index contributed by atoms with van der Waals surface area (Å²) in [5.74, 6) is -0.0831. The third kappa shape index (κ3) is 1.78. The molecule has 0 saturated heterocycles. The molecule has 0 aliphatic carbocycles. The number of benzene rings is 1. The van der Waals surface area contributed by atoms with E-state index in [1.165, 1.54) is 13.0 Å². The van der Waals surface area contributed by atoms with Gasteiger partial charge in [0, 0.05) is 5.56 Å². The van der Waals surface area contributed by atoms with Crippen LogP contribution in [-0.4, -0.2) is 11.9 Å². The van der Waals surface area contributed by atoms with E-state index in [0.29, 0.717) is 11.3 Å². The summed E-state index contributed by atoms with van der Waals surface area (Å²) in [6.45, 7) is 5.09. The Balaban J connectivity index is 3.57. The molecular weight excluding hydrogens is 178 g/mol. The Morgan fingerprint density at radius 2 is 1.86 bits per heavy atom. The molecule has 3 heteroatoms. The molecule has 0 heterocycles. The van der Waals surface area contributed by atoms with Crippen LogP contribution in [-0.2, 0) is 4.79 Å². The highest BCUT2D eigenvalue weighted by atomic mass is 16.1. The minimum Gasteiger partial charge on any atom is -0.294 e. The van der Waals surface area contributed by atoms with Crippen LogP contribution in [0.5, 0.6) is 0 Å². The second-order valence-corrected chi connectivity index (χ2v) is 3.18. The maximum atomic E-state index is 11.3. The van der Waals surface area contributed by atoms with Crippen LogP contribution >= 0.6 is 0 Å². The summed E-state index contributed by atoms with van der Waals surface area (Å²) in [7, 11) is 0. The largest absolute Gasteiger partial charge is 0.294 e. The number of hydrogen-bond donors (Lipinski definition) is 0. The number of nitrogens with zero attached hydrogens (tertiary/aromatic N) is 1. The SMILES string of the molecule is CC(=O)c1c(C)ccc(C)c1N=C=O. The van der Waals surface area contributed by atoms with E-state index in [0.717, 1.165) is 11.1 Å². The molecule has 0 saturated carbocycles. The van der Waals surface area contributed by atoms with E-state index in [4.69, 9.17) is 0 Å². The number of carbonyl (C=O) groups is 1. The van der Waals surface area contributed by atoms with Gasteiger partial charge in [-0.25, -0.2) is 4.79 Å². The summed E-state index contributed by atoms with van der Waals surface area (Å²) in [6.07, 6.45) is 1.47. The van der Waals surface area contributed by atoms with Gasteiger partial charge < -0.3 is 0 Å². The highest BCUT2D eigenvalue weighted by Crippen LogP contribution is 2.26. The predicted octanol–water partition coefficient (Wildman–Crippen LogP) is 2.47. The Morgan fingerprint density at radius 3 is 2.36 bits per heavy atom. The molecule has 0 aliphatic rings. The zero-order valence-corrected chi connectivity index (χ0v) is 8.42. The van der Waals surface area contributed by atoms with Crippen molar-refractivity contribution < 1.29 is 9.59 Å². The van der Waals surface area contributed by atoms with Gasteiger partial charge in [-0.15, -0.1) is 0 Å². The molecule has 0 aromatic heterocycles. The van der Waals surface area contributed by atoms with Gasteiger partial charge in [0.15, 0.2) is 5.78 Å². The lowest BCUT2D eigenvalue weighted by molar-refractivity contribution is 0.101. The molecule has 0 amide bonds. The van der Waals surface area contributed by atoms with E-state index in [-0.39, 0.29) is 5.78 Å². The number of isocyanates is 1. The number of aryl methyl sites for hydroxylation is 2. The molecule has 14 heavy (non-hydrogen) atoms. The molecule has 1 rings (SSSR count). The predicted molar refractivity (Wildman–Crippen MR) is 53.7 cm³/mol. The standard InChI is InChI=1S/C11H11NO2/c1-7-4-5-8(2)11(12-6-13)10(7)9(3)14/h4-5H,1-3H3. The van der Waals surface area contributed by atoms with Crippen molar-refractivity contribution in [2.45, 2.75) is 20.8 Å². The topological polar surface area (TPSA) is 46.5 Å². The first-order chi connectivity index (χ1) is 6.57. The third-order valence-electron chi connectivity index (χ3n) is 2.10. The molecule has 1 aromatic rings. The van der Waals surface area contributed by atoms with Crippen LogP contribution in [0.25, 0.3) is 0 Å². The number of carbonyl (C=O) groups excluding carboxylic acids is 2. The highest BCUT2D eigenvalue weighted by molar-refractivity contribution is 6.01.